The fourth-order valence-electron chi connectivity index (χ4n) is 2.61. The molecule has 0 fully saturated rings. The first-order chi connectivity index (χ1) is 9.20. The molecule has 19 heavy (non-hydrogen) atoms. The highest BCUT2D eigenvalue weighted by Gasteiger charge is 2.26. The summed E-state index contributed by atoms with van der Waals surface area (Å²) in [5, 5.41) is 20.6. The third-order valence-corrected chi connectivity index (χ3v) is 3.42. The summed E-state index contributed by atoms with van der Waals surface area (Å²) in [4.78, 5) is 11.2. The van der Waals surface area contributed by atoms with Crippen LogP contribution in [0.15, 0.2) is 6.20 Å². The summed E-state index contributed by atoms with van der Waals surface area (Å²) in [6.45, 7) is 0.341. The zero-order valence-electron chi connectivity index (χ0n) is 10.4. The molecule has 2 aromatic rings. The molecule has 7 heteroatoms. The van der Waals surface area contributed by atoms with Crippen LogP contribution in [0.4, 0.5) is 0 Å². The molecule has 0 aromatic carbocycles. The number of nitrogens with one attached hydrogen (secondary N) is 1. The first-order valence-corrected chi connectivity index (χ1v) is 6.21. The fraction of sp³-hybridized carbons (Fsp3) is 0.417. The summed E-state index contributed by atoms with van der Waals surface area (Å²) in [6.07, 6.45) is 3.55. The normalized spacial score (nSPS) is 13.1. The van der Waals surface area contributed by atoms with Crippen molar-refractivity contribution < 1.29 is 9.90 Å². The van der Waals surface area contributed by atoms with E-state index in [2.05, 4.69) is 15.3 Å². The molecule has 4 N–H and O–H groups in total. The lowest BCUT2D eigenvalue weighted by atomic mass is 9.93. The van der Waals surface area contributed by atoms with Crippen molar-refractivity contribution in [1.82, 2.24) is 20.0 Å². The number of aliphatic hydroxyl groups excluding tert-OH is 1. The van der Waals surface area contributed by atoms with Crippen molar-refractivity contribution in [3.63, 3.8) is 0 Å². The number of aromatic nitrogens is 4. The smallest absolute Gasteiger partial charge is 0.223 e. The molecule has 1 aliphatic rings. The second-order valence-electron chi connectivity index (χ2n) is 4.63. The molecule has 1 aliphatic carbocycles. The highest BCUT2D eigenvalue weighted by atomic mass is 16.3. The van der Waals surface area contributed by atoms with Crippen LogP contribution in [0.1, 0.15) is 17.0 Å². The summed E-state index contributed by atoms with van der Waals surface area (Å²) in [5.74, 6) is -0.389. The van der Waals surface area contributed by atoms with Gasteiger partial charge in [0.15, 0.2) is 0 Å². The van der Waals surface area contributed by atoms with Crippen molar-refractivity contribution in [3.05, 3.63) is 23.1 Å². The van der Waals surface area contributed by atoms with Gasteiger partial charge in [-0.1, -0.05) is 0 Å². The molecular weight excluding hydrogens is 246 g/mol. The van der Waals surface area contributed by atoms with Gasteiger partial charge in [-0.15, -0.1) is 0 Å². The van der Waals surface area contributed by atoms with E-state index >= 15 is 0 Å². The number of nitrogens with two attached hydrogens (primary N) is 1. The number of aryl methyl sites for hydroxylation is 1. The number of hydrogen-bond acceptors (Lipinski definition) is 4. The lowest BCUT2D eigenvalue weighted by Gasteiger charge is -2.11. The van der Waals surface area contributed by atoms with Crippen LogP contribution >= 0.6 is 0 Å². The number of nitrogens with zero attached hydrogens (tertiary/aromatic N) is 3. The van der Waals surface area contributed by atoms with E-state index in [9.17, 15) is 4.79 Å². The van der Waals surface area contributed by atoms with Crippen LogP contribution in [0.3, 0.4) is 0 Å². The maximum atomic E-state index is 11.2. The number of aliphatic hydroxyl groups is 1. The zero-order valence-corrected chi connectivity index (χ0v) is 10.4. The largest absolute Gasteiger partial charge is 0.394 e. The topological polar surface area (TPSA) is 110 Å². The average molecular weight is 261 g/mol. The Labute approximate surface area is 109 Å². The highest BCUT2D eigenvalue weighted by Crippen LogP contribution is 2.33. The number of fused-ring (bicyclic) bond motifs is 3. The standard InChI is InChI=1S/C12H15N5O2/c13-11(19)5-10-7-1-2-9-8(6-14-15-9)12(7)16-17(10)3-4-18/h6,18H,1-5H2,(H2,13,19)(H,14,15). The SMILES string of the molecule is NC(=O)Cc1c2c(nn1CCO)-c1cn[nH]c1CC2. The molecule has 0 aliphatic heterocycles. The first kappa shape index (κ1) is 11.9. The van der Waals surface area contributed by atoms with Crippen LogP contribution in [0.25, 0.3) is 11.3 Å². The molecule has 0 saturated heterocycles. The van der Waals surface area contributed by atoms with Gasteiger partial charge >= 0.3 is 0 Å². The molecular formula is C12H15N5O2. The summed E-state index contributed by atoms with van der Waals surface area (Å²) >= 11 is 0. The van der Waals surface area contributed by atoms with Gasteiger partial charge < -0.3 is 10.8 Å². The maximum absolute atomic E-state index is 11.2. The van der Waals surface area contributed by atoms with Gasteiger partial charge in [-0.2, -0.15) is 10.2 Å². The molecule has 2 heterocycles. The van der Waals surface area contributed by atoms with E-state index in [-0.39, 0.29) is 18.9 Å². The number of carbonyl (C=O) groups excluding carboxylic acids is 1. The zero-order chi connectivity index (χ0) is 13.4. The van der Waals surface area contributed by atoms with E-state index < -0.39 is 0 Å². The lowest BCUT2D eigenvalue weighted by molar-refractivity contribution is -0.117. The minimum atomic E-state index is -0.389. The highest BCUT2D eigenvalue weighted by molar-refractivity contribution is 5.78. The number of H-pyrrole nitrogens is 1. The van der Waals surface area contributed by atoms with Crippen molar-refractivity contribution in [2.75, 3.05) is 6.61 Å². The van der Waals surface area contributed by atoms with Crippen molar-refractivity contribution in [3.8, 4) is 11.3 Å². The Balaban J connectivity index is 2.12. The van der Waals surface area contributed by atoms with Gasteiger partial charge in [0.2, 0.25) is 5.91 Å². The Morgan fingerprint density at radius 1 is 1.53 bits per heavy atom. The van der Waals surface area contributed by atoms with Crippen molar-refractivity contribution >= 4 is 5.91 Å². The third-order valence-electron chi connectivity index (χ3n) is 3.42. The Bertz CT molecular complexity index is 628. The number of hydrogen-bond donors (Lipinski definition) is 3. The van der Waals surface area contributed by atoms with E-state index in [1.165, 1.54) is 0 Å². The number of aromatic amines is 1. The van der Waals surface area contributed by atoms with E-state index in [4.69, 9.17) is 10.8 Å². The monoisotopic (exact) mass is 261 g/mol. The van der Waals surface area contributed by atoms with Gasteiger partial charge in [0.1, 0.15) is 0 Å². The molecule has 0 atom stereocenters. The minimum Gasteiger partial charge on any atom is -0.394 e. The van der Waals surface area contributed by atoms with Gasteiger partial charge in [0.05, 0.1) is 37.2 Å². The number of amides is 1. The molecule has 0 bridgehead atoms. The molecule has 100 valence electrons. The molecule has 3 rings (SSSR count). The predicted octanol–water partition coefficient (Wildman–Crippen LogP) is -0.608. The van der Waals surface area contributed by atoms with Crippen LogP contribution in [0.2, 0.25) is 0 Å². The van der Waals surface area contributed by atoms with Crippen LogP contribution in [0, 0.1) is 0 Å². The van der Waals surface area contributed by atoms with Gasteiger partial charge in [-0.05, 0) is 12.8 Å². The second kappa shape index (κ2) is 4.51. The number of primary amides is 1. The fourth-order valence-corrected chi connectivity index (χ4v) is 2.61. The number of rotatable bonds is 4. The molecule has 0 unspecified atom stereocenters. The average Bonchev–Trinajstić information content (AvgIpc) is 2.94. The van der Waals surface area contributed by atoms with E-state index in [1.54, 1.807) is 10.9 Å². The van der Waals surface area contributed by atoms with Crippen LogP contribution < -0.4 is 5.73 Å². The minimum absolute atomic E-state index is 0.0232. The molecule has 1 amide bonds. The van der Waals surface area contributed by atoms with Crippen LogP contribution in [-0.4, -0.2) is 37.6 Å². The van der Waals surface area contributed by atoms with Crippen LogP contribution in [-0.2, 0) is 30.6 Å². The Morgan fingerprint density at radius 2 is 2.37 bits per heavy atom. The van der Waals surface area contributed by atoms with Gasteiger partial charge in [0.25, 0.3) is 0 Å². The Hall–Kier alpha value is -2.15. The van der Waals surface area contributed by atoms with Gasteiger partial charge in [0, 0.05) is 16.8 Å². The summed E-state index contributed by atoms with van der Waals surface area (Å²) in [7, 11) is 0. The molecule has 0 spiro atoms. The van der Waals surface area contributed by atoms with Crippen LogP contribution in [0.5, 0.6) is 0 Å². The second-order valence-corrected chi connectivity index (χ2v) is 4.63. The van der Waals surface area contributed by atoms with Crippen molar-refractivity contribution in [1.29, 1.82) is 0 Å². The maximum Gasteiger partial charge on any atom is 0.223 e. The molecule has 0 radical (unpaired) electrons. The van der Waals surface area contributed by atoms with Gasteiger partial charge in [-0.25, -0.2) is 0 Å². The Kier molecular flexibility index (Phi) is 2.83. The van der Waals surface area contributed by atoms with E-state index in [1.807, 2.05) is 0 Å². The molecule has 7 nitrogen and oxygen atoms in total. The Morgan fingerprint density at radius 3 is 3.11 bits per heavy atom. The summed E-state index contributed by atoms with van der Waals surface area (Å²) in [5.41, 5.74) is 10.0. The summed E-state index contributed by atoms with van der Waals surface area (Å²) in [6, 6.07) is 0. The quantitative estimate of drug-likeness (QED) is 0.682. The van der Waals surface area contributed by atoms with Crippen molar-refractivity contribution in [2.45, 2.75) is 25.8 Å². The van der Waals surface area contributed by atoms with E-state index in [0.29, 0.717) is 6.54 Å². The van der Waals surface area contributed by atoms with E-state index in [0.717, 1.165) is 41.1 Å². The first-order valence-electron chi connectivity index (χ1n) is 6.21. The molecule has 2 aromatic heterocycles. The predicted molar refractivity (Wildman–Crippen MR) is 67.2 cm³/mol. The molecule has 0 saturated carbocycles. The lowest BCUT2D eigenvalue weighted by Crippen LogP contribution is -2.19. The van der Waals surface area contributed by atoms with Gasteiger partial charge in [-0.3, -0.25) is 14.6 Å². The third kappa shape index (κ3) is 1.91. The van der Waals surface area contributed by atoms with Crippen molar-refractivity contribution in [2.24, 2.45) is 5.73 Å². The summed E-state index contributed by atoms with van der Waals surface area (Å²) < 4.78 is 1.68. The number of carbonyl (C=O) groups is 1.